The molecule has 23 heavy (non-hydrogen) atoms. The second-order valence-corrected chi connectivity index (χ2v) is 6.27. The number of aryl methyl sites for hydroxylation is 1. The molecular weight excluding hydrogens is 316 g/mol. The third-order valence-electron chi connectivity index (χ3n) is 4.12. The smallest absolute Gasteiger partial charge is 0.309 e. The second kappa shape index (κ2) is 6.91. The van der Waals surface area contributed by atoms with E-state index in [1.54, 1.807) is 21.3 Å². The molecule has 0 aromatic carbocycles. The van der Waals surface area contributed by atoms with Crippen LogP contribution in [0.5, 0.6) is 0 Å². The topological polar surface area (TPSA) is 88.3 Å². The maximum atomic E-state index is 12.3. The van der Waals surface area contributed by atoms with Crippen molar-refractivity contribution in [3.05, 3.63) is 35.0 Å². The van der Waals surface area contributed by atoms with Gasteiger partial charge in [0.2, 0.25) is 5.91 Å². The van der Waals surface area contributed by atoms with Crippen LogP contribution in [0.4, 0.5) is 0 Å². The molecule has 2 unspecified atom stereocenters. The van der Waals surface area contributed by atoms with E-state index in [2.05, 4.69) is 10.1 Å². The Morgan fingerprint density at radius 1 is 1.43 bits per heavy atom. The number of nitrogens with zero attached hydrogens (tertiary/aromatic N) is 4. The van der Waals surface area contributed by atoms with Gasteiger partial charge >= 0.3 is 5.97 Å². The highest BCUT2D eigenvalue weighted by molar-refractivity contribution is 7.07. The summed E-state index contributed by atoms with van der Waals surface area (Å²) in [6.45, 7) is 1.20. The number of amides is 1. The van der Waals surface area contributed by atoms with Gasteiger partial charge in [0.15, 0.2) is 0 Å². The Labute approximate surface area is 137 Å². The Morgan fingerprint density at radius 2 is 2.30 bits per heavy atom. The first-order chi connectivity index (χ1) is 11.2. The summed E-state index contributed by atoms with van der Waals surface area (Å²) >= 11 is 1.42. The van der Waals surface area contributed by atoms with Gasteiger partial charge in [-0.2, -0.15) is 5.10 Å². The van der Waals surface area contributed by atoms with Gasteiger partial charge in [0, 0.05) is 37.3 Å². The Hall–Kier alpha value is -2.22. The number of carbonyl (C=O) groups excluding carboxylic acids is 1. The highest BCUT2D eigenvalue weighted by atomic mass is 32.1. The number of carbonyl (C=O) groups is 2. The molecule has 0 aliphatic carbocycles. The van der Waals surface area contributed by atoms with Gasteiger partial charge < -0.3 is 10.0 Å². The third-order valence-corrected chi connectivity index (χ3v) is 4.73. The molecule has 1 aliphatic heterocycles. The normalized spacial score (nSPS) is 21.6. The average molecular weight is 334 g/mol. The van der Waals surface area contributed by atoms with Crippen LogP contribution in [-0.2, 0) is 16.1 Å². The molecular formula is C15H18N4O3S. The Kier molecular flexibility index (Phi) is 4.71. The molecule has 1 aliphatic rings. The lowest BCUT2D eigenvalue weighted by Crippen LogP contribution is -2.46. The fourth-order valence-electron chi connectivity index (χ4n) is 3.04. The number of likely N-dealkylation sites (tertiary alicyclic amines) is 1. The monoisotopic (exact) mass is 334 g/mol. The predicted molar refractivity (Wildman–Crippen MR) is 83.8 cm³/mol. The zero-order chi connectivity index (χ0) is 16.2. The van der Waals surface area contributed by atoms with Crippen molar-refractivity contribution in [1.29, 1.82) is 0 Å². The van der Waals surface area contributed by atoms with E-state index in [0.717, 1.165) is 6.42 Å². The van der Waals surface area contributed by atoms with Crippen molar-refractivity contribution in [2.24, 2.45) is 5.92 Å². The van der Waals surface area contributed by atoms with Crippen LogP contribution in [0.15, 0.2) is 29.4 Å². The molecule has 1 N–H and O–H groups in total. The first kappa shape index (κ1) is 15.7. The van der Waals surface area contributed by atoms with Crippen molar-refractivity contribution in [2.75, 3.05) is 6.54 Å². The van der Waals surface area contributed by atoms with Crippen LogP contribution in [0.2, 0.25) is 0 Å². The molecule has 1 amide bonds. The van der Waals surface area contributed by atoms with Crippen LogP contribution >= 0.6 is 11.3 Å². The van der Waals surface area contributed by atoms with Crippen LogP contribution in [0.3, 0.4) is 0 Å². The maximum absolute atomic E-state index is 12.3. The summed E-state index contributed by atoms with van der Waals surface area (Å²) in [5, 5.41) is 15.5. The minimum absolute atomic E-state index is 0.000894. The molecule has 0 saturated carbocycles. The van der Waals surface area contributed by atoms with Crippen molar-refractivity contribution < 1.29 is 14.7 Å². The van der Waals surface area contributed by atoms with E-state index < -0.39 is 17.9 Å². The van der Waals surface area contributed by atoms with Gasteiger partial charge in [-0.1, -0.05) is 0 Å². The number of thiazole rings is 1. The first-order valence-electron chi connectivity index (χ1n) is 7.54. The van der Waals surface area contributed by atoms with Gasteiger partial charge in [-0.3, -0.25) is 14.3 Å². The zero-order valence-electron chi connectivity index (χ0n) is 12.5. The van der Waals surface area contributed by atoms with Crippen molar-refractivity contribution >= 4 is 23.2 Å². The summed E-state index contributed by atoms with van der Waals surface area (Å²) in [5.41, 5.74) is 2.35. The Bertz CT molecular complexity index is 656. The summed E-state index contributed by atoms with van der Waals surface area (Å²) in [5.74, 6) is -1.46. The van der Waals surface area contributed by atoms with E-state index in [-0.39, 0.29) is 12.3 Å². The molecule has 3 rings (SSSR count). The van der Waals surface area contributed by atoms with Crippen LogP contribution in [0, 0.1) is 5.92 Å². The average Bonchev–Trinajstić information content (AvgIpc) is 3.21. The van der Waals surface area contributed by atoms with Crippen molar-refractivity contribution in [1.82, 2.24) is 19.7 Å². The number of hydrogen-bond donors (Lipinski definition) is 1. The fraction of sp³-hybridized carbons (Fsp3) is 0.467. The van der Waals surface area contributed by atoms with Gasteiger partial charge in [0.25, 0.3) is 0 Å². The minimum atomic E-state index is -0.868. The van der Waals surface area contributed by atoms with E-state index >= 15 is 0 Å². The molecule has 122 valence electrons. The van der Waals surface area contributed by atoms with E-state index in [0.29, 0.717) is 25.2 Å². The molecule has 2 aromatic heterocycles. The maximum Gasteiger partial charge on any atom is 0.309 e. The van der Waals surface area contributed by atoms with Gasteiger partial charge in [0.1, 0.15) is 0 Å². The number of rotatable bonds is 6. The summed E-state index contributed by atoms with van der Waals surface area (Å²) in [6.07, 6.45) is 4.95. The van der Waals surface area contributed by atoms with Gasteiger partial charge in [-0.25, -0.2) is 4.98 Å². The molecule has 8 heteroatoms. The number of aromatic nitrogens is 3. The predicted octanol–water partition coefficient (Wildman–Crippen LogP) is 1.79. The van der Waals surface area contributed by atoms with Crippen molar-refractivity contribution in [2.45, 2.75) is 31.8 Å². The molecule has 2 atom stereocenters. The zero-order valence-corrected chi connectivity index (χ0v) is 13.4. The molecule has 7 nitrogen and oxygen atoms in total. The number of aliphatic carboxylic acids is 1. The third kappa shape index (κ3) is 3.42. The van der Waals surface area contributed by atoms with Gasteiger partial charge in [-0.05, 0) is 18.9 Å². The Morgan fingerprint density at radius 3 is 2.96 bits per heavy atom. The van der Waals surface area contributed by atoms with Crippen molar-refractivity contribution in [3.8, 4) is 0 Å². The molecule has 1 fully saturated rings. The van der Waals surface area contributed by atoms with Crippen LogP contribution in [-0.4, -0.2) is 43.2 Å². The first-order valence-corrected chi connectivity index (χ1v) is 8.49. The van der Waals surface area contributed by atoms with Crippen LogP contribution in [0.1, 0.15) is 31.0 Å². The Balaban J connectivity index is 1.75. The summed E-state index contributed by atoms with van der Waals surface area (Å²) in [4.78, 5) is 29.9. The highest BCUT2D eigenvalue weighted by Gasteiger charge is 2.41. The fourth-order valence-corrected chi connectivity index (χ4v) is 3.63. The number of piperidine rings is 1. The SMILES string of the molecule is O=C(O)C1CCC(=O)N(CCCn2cccn2)C1c1cscn1. The number of hydrogen-bond acceptors (Lipinski definition) is 5. The number of carboxylic acids is 1. The van der Waals surface area contributed by atoms with Gasteiger partial charge in [-0.15, -0.1) is 11.3 Å². The lowest BCUT2D eigenvalue weighted by Gasteiger charge is -2.38. The van der Waals surface area contributed by atoms with Crippen molar-refractivity contribution in [3.63, 3.8) is 0 Å². The van der Waals surface area contributed by atoms with Crippen LogP contribution in [0.25, 0.3) is 0 Å². The minimum Gasteiger partial charge on any atom is -0.481 e. The van der Waals surface area contributed by atoms with E-state index in [1.165, 1.54) is 11.3 Å². The summed E-state index contributed by atoms with van der Waals surface area (Å²) < 4.78 is 1.81. The molecule has 0 spiro atoms. The summed E-state index contributed by atoms with van der Waals surface area (Å²) in [7, 11) is 0. The molecule has 0 bridgehead atoms. The lowest BCUT2D eigenvalue weighted by molar-refractivity contribution is -0.152. The highest BCUT2D eigenvalue weighted by Crippen LogP contribution is 2.36. The van der Waals surface area contributed by atoms with Crippen LogP contribution < -0.4 is 0 Å². The summed E-state index contributed by atoms with van der Waals surface area (Å²) in [6, 6.07) is 1.38. The van der Waals surface area contributed by atoms with E-state index in [4.69, 9.17) is 0 Å². The lowest BCUT2D eigenvalue weighted by atomic mass is 9.87. The van der Waals surface area contributed by atoms with E-state index in [9.17, 15) is 14.7 Å². The van der Waals surface area contributed by atoms with Gasteiger partial charge in [0.05, 0.1) is 23.2 Å². The molecule has 0 radical (unpaired) electrons. The quantitative estimate of drug-likeness (QED) is 0.870. The molecule has 2 aromatic rings. The van der Waals surface area contributed by atoms with E-state index in [1.807, 2.05) is 17.6 Å². The standard InChI is InChI=1S/C15H18N4O3S/c20-13-4-3-11(15(21)22)14(12-9-23-10-16-12)19(13)8-2-7-18-6-1-5-17-18/h1,5-6,9-11,14H,2-4,7-8H2,(H,21,22). The second-order valence-electron chi connectivity index (χ2n) is 5.55. The molecule has 3 heterocycles. The largest absolute Gasteiger partial charge is 0.481 e. The molecule has 1 saturated heterocycles. The number of carboxylic acid groups (broad SMARTS) is 1.